The van der Waals surface area contributed by atoms with Crippen LogP contribution < -0.4 is 0 Å². The SMILES string of the molecule is COC(=O)c1c(C)c(C(=O)[C@H](C)N(C)C(=O)c2ccccc2F)c(C)n1C. The standard InChI is InChI=1S/C20H23FN2O4/c1-11-16(12(2)22(4)17(11)20(26)27-6)18(24)13(3)23(5)19(25)14-9-7-8-10-15(14)21/h7-10,13H,1-6H3/t13-/m0/s1. The van der Waals surface area contributed by atoms with E-state index in [2.05, 4.69) is 0 Å². The van der Waals surface area contributed by atoms with Gasteiger partial charge in [0.15, 0.2) is 5.78 Å². The van der Waals surface area contributed by atoms with E-state index in [1.54, 1.807) is 38.5 Å². The van der Waals surface area contributed by atoms with Gasteiger partial charge >= 0.3 is 5.97 Å². The summed E-state index contributed by atoms with van der Waals surface area (Å²) in [5.41, 5.74) is 1.63. The van der Waals surface area contributed by atoms with Crippen LogP contribution in [0.15, 0.2) is 24.3 Å². The minimum absolute atomic E-state index is 0.101. The maximum atomic E-state index is 13.9. The third-order valence-corrected chi connectivity index (χ3v) is 4.94. The number of nitrogens with zero attached hydrogens (tertiary/aromatic N) is 2. The third kappa shape index (κ3) is 3.49. The number of ketones is 1. The van der Waals surface area contributed by atoms with Crippen LogP contribution >= 0.6 is 0 Å². The average Bonchev–Trinajstić information content (AvgIpc) is 2.88. The Balaban J connectivity index is 2.39. The molecule has 0 saturated heterocycles. The summed E-state index contributed by atoms with van der Waals surface area (Å²) in [4.78, 5) is 38.9. The van der Waals surface area contributed by atoms with E-state index in [4.69, 9.17) is 4.74 Å². The van der Waals surface area contributed by atoms with Crippen LogP contribution in [-0.4, -0.2) is 47.3 Å². The Labute approximate surface area is 157 Å². The fraction of sp³-hybridized carbons (Fsp3) is 0.350. The quantitative estimate of drug-likeness (QED) is 0.596. The van der Waals surface area contributed by atoms with E-state index in [-0.39, 0.29) is 17.0 Å². The molecule has 1 aromatic heterocycles. The molecule has 6 nitrogen and oxygen atoms in total. The van der Waals surface area contributed by atoms with Gasteiger partial charge in [0.2, 0.25) is 0 Å². The number of aromatic nitrogens is 1. The van der Waals surface area contributed by atoms with Gasteiger partial charge in [0.25, 0.3) is 5.91 Å². The largest absolute Gasteiger partial charge is 0.464 e. The van der Waals surface area contributed by atoms with Crippen LogP contribution in [0.3, 0.4) is 0 Å². The van der Waals surface area contributed by atoms with Gasteiger partial charge in [-0.2, -0.15) is 0 Å². The van der Waals surface area contributed by atoms with Gasteiger partial charge in [-0.05, 0) is 38.5 Å². The molecule has 0 spiro atoms. The van der Waals surface area contributed by atoms with E-state index in [9.17, 15) is 18.8 Å². The van der Waals surface area contributed by atoms with Crippen LogP contribution in [0.4, 0.5) is 4.39 Å². The number of likely N-dealkylation sites (N-methyl/N-ethyl adjacent to an activating group) is 1. The maximum absolute atomic E-state index is 13.9. The van der Waals surface area contributed by atoms with Gasteiger partial charge in [-0.3, -0.25) is 9.59 Å². The minimum Gasteiger partial charge on any atom is -0.464 e. The highest BCUT2D eigenvalue weighted by molar-refractivity contribution is 6.07. The molecule has 0 radical (unpaired) electrons. The molecule has 27 heavy (non-hydrogen) atoms. The van der Waals surface area contributed by atoms with E-state index < -0.39 is 23.7 Å². The molecule has 0 aliphatic heterocycles. The summed E-state index contributed by atoms with van der Waals surface area (Å²) in [6.45, 7) is 4.96. The van der Waals surface area contributed by atoms with Gasteiger partial charge in [0, 0.05) is 25.4 Å². The molecule has 1 amide bonds. The zero-order valence-electron chi connectivity index (χ0n) is 16.3. The molecule has 2 aromatic rings. The summed E-state index contributed by atoms with van der Waals surface area (Å²) in [6, 6.07) is 4.78. The molecule has 2 rings (SSSR count). The number of rotatable bonds is 5. The molecule has 0 saturated carbocycles. The predicted molar refractivity (Wildman–Crippen MR) is 98.5 cm³/mol. The van der Waals surface area contributed by atoms with Crippen molar-refractivity contribution < 1.29 is 23.5 Å². The van der Waals surface area contributed by atoms with E-state index in [0.717, 1.165) is 0 Å². The number of carbonyl (C=O) groups excluding carboxylic acids is 3. The number of ether oxygens (including phenoxy) is 1. The Bertz CT molecular complexity index is 917. The summed E-state index contributed by atoms with van der Waals surface area (Å²) >= 11 is 0. The van der Waals surface area contributed by atoms with E-state index in [0.29, 0.717) is 16.8 Å². The van der Waals surface area contributed by atoms with Crippen LogP contribution in [0.5, 0.6) is 0 Å². The molecule has 0 unspecified atom stereocenters. The Morgan fingerprint density at radius 3 is 2.33 bits per heavy atom. The second-order valence-electron chi connectivity index (χ2n) is 6.42. The van der Waals surface area contributed by atoms with Crippen LogP contribution in [0, 0.1) is 19.7 Å². The number of methoxy groups -OCH3 is 1. The molecular weight excluding hydrogens is 351 g/mol. The highest BCUT2D eigenvalue weighted by Gasteiger charge is 2.31. The summed E-state index contributed by atoms with van der Waals surface area (Å²) in [5, 5.41) is 0. The number of Topliss-reactive ketones (excluding diaryl/α,β-unsaturated/α-hetero) is 1. The smallest absolute Gasteiger partial charge is 0.354 e. The third-order valence-electron chi connectivity index (χ3n) is 4.94. The van der Waals surface area contributed by atoms with Crippen LogP contribution in [0.1, 0.15) is 49.4 Å². The Hall–Kier alpha value is -2.96. The molecule has 0 aliphatic carbocycles. The van der Waals surface area contributed by atoms with E-state index in [1.807, 2.05) is 0 Å². The number of halogens is 1. The first-order chi connectivity index (χ1) is 12.6. The Morgan fingerprint density at radius 1 is 1.19 bits per heavy atom. The first kappa shape index (κ1) is 20.4. The molecule has 144 valence electrons. The van der Waals surface area contributed by atoms with Crippen molar-refractivity contribution in [1.29, 1.82) is 0 Å². The van der Waals surface area contributed by atoms with Crippen molar-refractivity contribution in [2.45, 2.75) is 26.8 Å². The van der Waals surface area contributed by atoms with E-state index >= 15 is 0 Å². The first-order valence-electron chi connectivity index (χ1n) is 8.43. The first-order valence-corrected chi connectivity index (χ1v) is 8.43. The summed E-state index contributed by atoms with van der Waals surface area (Å²) in [7, 11) is 4.39. The highest BCUT2D eigenvalue weighted by Crippen LogP contribution is 2.24. The molecule has 0 bridgehead atoms. The average molecular weight is 374 g/mol. The van der Waals surface area contributed by atoms with Crippen LogP contribution in [0.25, 0.3) is 0 Å². The Kier molecular flexibility index (Phi) is 5.83. The molecular formula is C20H23FN2O4. The zero-order chi connectivity index (χ0) is 20.5. The number of hydrogen-bond donors (Lipinski definition) is 0. The molecule has 1 aromatic carbocycles. The lowest BCUT2D eigenvalue weighted by Crippen LogP contribution is -2.41. The van der Waals surface area contributed by atoms with E-state index in [1.165, 1.54) is 37.3 Å². The van der Waals surface area contributed by atoms with Gasteiger partial charge in [0.05, 0.1) is 18.7 Å². The number of carbonyl (C=O) groups is 3. The van der Waals surface area contributed by atoms with Crippen molar-refractivity contribution >= 4 is 17.7 Å². The summed E-state index contributed by atoms with van der Waals surface area (Å²) < 4.78 is 20.3. The molecule has 0 N–H and O–H groups in total. The lowest BCUT2D eigenvalue weighted by atomic mass is 9.99. The monoisotopic (exact) mass is 374 g/mol. The number of esters is 1. The fourth-order valence-electron chi connectivity index (χ4n) is 3.11. The summed E-state index contributed by atoms with van der Waals surface area (Å²) in [5.74, 6) is -2.11. The normalized spacial score (nSPS) is 11.8. The molecule has 0 aliphatic rings. The van der Waals surface area contributed by atoms with Gasteiger partial charge in [0.1, 0.15) is 11.5 Å². The van der Waals surface area contributed by atoms with Gasteiger partial charge in [-0.1, -0.05) is 12.1 Å². The predicted octanol–water partition coefficient (Wildman–Crippen LogP) is 2.91. The van der Waals surface area contributed by atoms with Crippen molar-refractivity contribution in [2.24, 2.45) is 7.05 Å². The summed E-state index contributed by atoms with van der Waals surface area (Å²) in [6.07, 6.45) is 0. The van der Waals surface area contributed by atoms with Crippen molar-refractivity contribution in [3.05, 3.63) is 58.2 Å². The van der Waals surface area contributed by atoms with Crippen molar-refractivity contribution in [3.63, 3.8) is 0 Å². The number of hydrogen-bond acceptors (Lipinski definition) is 4. The molecule has 0 fully saturated rings. The highest BCUT2D eigenvalue weighted by atomic mass is 19.1. The van der Waals surface area contributed by atoms with Crippen molar-refractivity contribution in [2.75, 3.05) is 14.2 Å². The lowest BCUT2D eigenvalue weighted by Gasteiger charge is -2.24. The molecule has 7 heteroatoms. The van der Waals surface area contributed by atoms with Crippen molar-refractivity contribution in [3.8, 4) is 0 Å². The van der Waals surface area contributed by atoms with Gasteiger partial charge in [-0.25, -0.2) is 9.18 Å². The minimum atomic E-state index is -0.845. The van der Waals surface area contributed by atoms with Crippen LogP contribution in [-0.2, 0) is 11.8 Å². The van der Waals surface area contributed by atoms with Crippen molar-refractivity contribution in [1.82, 2.24) is 9.47 Å². The van der Waals surface area contributed by atoms with Gasteiger partial charge < -0.3 is 14.2 Å². The topological polar surface area (TPSA) is 68.6 Å². The number of benzene rings is 1. The zero-order valence-corrected chi connectivity index (χ0v) is 16.3. The molecule has 1 heterocycles. The maximum Gasteiger partial charge on any atom is 0.354 e. The van der Waals surface area contributed by atoms with Gasteiger partial charge in [-0.15, -0.1) is 0 Å². The second-order valence-corrected chi connectivity index (χ2v) is 6.42. The lowest BCUT2D eigenvalue weighted by molar-refractivity contribution is 0.0588. The fourth-order valence-corrected chi connectivity index (χ4v) is 3.11. The molecule has 1 atom stereocenters. The van der Waals surface area contributed by atoms with Crippen LogP contribution in [0.2, 0.25) is 0 Å². The number of amides is 1. The Morgan fingerprint density at radius 2 is 1.78 bits per heavy atom. The second kappa shape index (κ2) is 7.73.